The van der Waals surface area contributed by atoms with E-state index in [2.05, 4.69) is 41.2 Å². The Hall–Kier alpha value is -1.88. The molecular formula is C19H27N3O2. The molecule has 5 nitrogen and oxygen atoms in total. The maximum atomic E-state index is 12.0. The van der Waals surface area contributed by atoms with Crippen LogP contribution < -0.4 is 10.2 Å². The molecule has 130 valence electrons. The molecule has 2 amide bonds. The van der Waals surface area contributed by atoms with E-state index in [1.165, 1.54) is 18.5 Å². The van der Waals surface area contributed by atoms with E-state index < -0.39 is 0 Å². The molecule has 2 aliphatic heterocycles. The van der Waals surface area contributed by atoms with E-state index in [1.54, 1.807) is 0 Å². The first kappa shape index (κ1) is 17.0. The molecule has 0 spiro atoms. The smallest absolute Gasteiger partial charge is 0.234 e. The molecule has 0 aromatic heterocycles. The normalized spacial score (nSPS) is 22.8. The van der Waals surface area contributed by atoms with Gasteiger partial charge in [0.1, 0.15) is 0 Å². The summed E-state index contributed by atoms with van der Waals surface area (Å²) in [6.45, 7) is 5.46. The molecule has 24 heavy (non-hydrogen) atoms. The van der Waals surface area contributed by atoms with Crippen molar-refractivity contribution in [2.75, 3.05) is 31.6 Å². The number of anilines is 1. The van der Waals surface area contributed by atoms with Crippen molar-refractivity contribution in [1.82, 2.24) is 10.2 Å². The van der Waals surface area contributed by atoms with Gasteiger partial charge in [-0.2, -0.15) is 0 Å². The van der Waals surface area contributed by atoms with Gasteiger partial charge in [0.2, 0.25) is 11.8 Å². The third-order valence-electron chi connectivity index (χ3n) is 5.49. The van der Waals surface area contributed by atoms with Gasteiger partial charge in [0.25, 0.3) is 0 Å². The minimum absolute atomic E-state index is 0.159. The lowest BCUT2D eigenvalue weighted by Crippen LogP contribution is -2.43. The van der Waals surface area contributed by atoms with E-state index in [-0.39, 0.29) is 17.7 Å². The maximum Gasteiger partial charge on any atom is 0.234 e. The van der Waals surface area contributed by atoms with Crippen molar-refractivity contribution < 1.29 is 9.59 Å². The van der Waals surface area contributed by atoms with Crippen molar-refractivity contribution in [2.24, 2.45) is 0 Å². The minimum Gasteiger partial charge on any atom is -0.371 e. The molecule has 0 saturated carbocycles. The van der Waals surface area contributed by atoms with Gasteiger partial charge in [0.15, 0.2) is 0 Å². The van der Waals surface area contributed by atoms with E-state index in [0.29, 0.717) is 18.9 Å². The van der Waals surface area contributed by atoms with Crippen LogP contribution in [-0.4, -0.2) is 49.4 Å². The first-order valence-electron chi connectivity index (χ1n) is 8.97. The summed E-state index contributed by atoms with van der Waals surface area (Å²) >= 11 is 0. The fourth-order valence-corrected chi connectivity index (χ4v) is 3.75. The number of carbonyl (C=O) groups excluding carboxylic acids is 2. The van der Waals surface area contributed by atoms with Crippen LogP contribution in [0.15, 0.2) is 24.3 Å². The molecule has 0 bridgehead atoms. The number of carbonyl (C=O) groups is 2. The molecule has 2 saturated heterocycles. The third-order valence-corrected chi connectivity index (χ3v) is 5.49. The number of amides is 2. The quantitative estimate of drug-likeness (QED) is 0.860. The van der Waals surface area contributed by atoms with Crippen molar-refractivity contribution in [3.8, 4) is 0 Å². The molecular weight excluding hydrogens is 302 g/mol. The van der Waals surface area contributed by atoms with Gasteiger partial charge in [0, 0.05) is 31.2 Å². The van der Waals surface area contributed by atoms with Gasteiger partial charge < -0.3 is 9.80 Å². The lowest BCUT2D eigenvalue weighted by Gasteiger charge is -2.37. The largest absolute Gasteiger partial charge is 0.371 e. The van der Waals surface area contributed by atoms with Crippen molar-refractivity contribution in [3.63, 3.8) is 0 Å². The van der Waals surface area contributed by atoms with Gasteiger partial charge in [-0.1, -0.05) is 19.1 Å². The Morgan fingerprint density at radius 1 is 1.12 bits per heavy atom. The number of rotatable bonds is 4. The highest BCUT2D eigenvalue weighted by atomic mass is 16.2. The predicted octanol–water partition coefficient (Wildman–Crippen LogP) is 2.13. The number of nitrogens with one attached hydrogen (secondary N) is 1. The molecule has 0 radical (unpaired) electrons. The summed E-state index contributed by atoms with van der Waals surface area (Å²) in [6.07, 6.45) is 3.42. The lowest BCUT2D eigenvalue weighted by atomic mass is 9.90. The summed E-state index contributed by atoms with van der Waals surface area (Å²) in [5.74, 6) is -0.518. The molecule has 1 aromatic carbocycles. The zero-order valence-electron chi connectivity index (χ0n) is 14.6. The molecule has 5 heteroatoms. The Labute approximate surface area is 144 Å². The van der Waals surface area contributed by atoms with Gasteiger partial charge in [-0.3, -0.25) is 14.9 Å². The van der Waals surface area contributed by atoms with Crippen LogP contribution in [0.1, 0.15) is 44.1 Å². The molecule has 2 fully saturated rings. The van der Waals surface area contributed by atoms with Gasteiger partial charge in [-0.05, 0) is 50.6 Å². The number of hydrogen-bond donors (Lipinski definition) is 1. The molecule has 1 atom stereocenters. The average Bonchev–Trinajstić information content (AvgIpc) is 2.61. The predicted molar refractivity (Wildman–Crippen MR) is 95.1 cm³/mol. The summed E-state index contributed by atoms with van der Waals surface area (Å²) < 4.78 is 0. The summed E-state index contributed by atoms with van der Waals surface area (Å²) in [5.41, 5.74) is 2.23. The highest BCUT2D eigenvalue weighted by Crippen LogP contribution is 2.28. The van der Waals surface area contributed by atoms with E-state index in [1.807, 2.05) is 12.1 Å². The summed E-state index contributed by atoms with van der Waals surface area (Å²) in [5, 5.41) is 2.43. The topological polar surface area (TPSA) is 52.6 Å². The summed E-state index contributed by atoms with van der Waals surface area (Å²) in [4.78, 5) is 28.1. The second-order valence-corrected chi connectivity index (χ2v) is 6.89. The molecule has 2 aliphatic rings. The van der Waals surface area contributed by atoms with Crippen molar-refractivity contribution >= 4 is 17.5 Å². The van der Waals surface area contributed by atoms with Crippen LogP contribution >= 0.6 is 0 Å². The number of hydrogen-bond acceptors (Lipinski definition) is 4. The maximum absolute atomic E-state index is 12.0. The standard InChI is InChI=1S/C19H27N3O2/c1-3-21(2)15-10-12-22(13-11-15)16-6-4-14(5-7-16)17-8-9-18(23)20-19(17)24/h4-7,15,17H,3,8-13H2,1-2H3,(H,20,23,24). The van der Waals surface area contributed by atoms with Gasteiger partial charge >= 0.3 is 0 Å². The fourth-order valence-electron chi connectivity index (χ4n) is 3.75. The SMILES string of the molecule is CCN(C)C1CCN(c2ccc(C3CCC(=O)NC3=O)cc2)CC1. The highest BCUT2D eigenvalue weighted by Gasteiger charge is 2.28. The average molecular weight is 329 g/mol. The molecule has 1 unspecified atom stereocenters. The second kappa shape index (κ2) is 7.34. The van der Waals surface area contributed by atoms with Gasteiger partial charge in [-0.15, -0.1) is 0 Å². The van der Waals surface area contributed by atoms with Crippen LogP contribution in [-0.2, 0) is 9.59 Å². The Bertz CT molecular complexity index is 591. The van der Waals surface area contributed by atoms with Crippen LogP contribution in [0.4, 0.5) is 5.69 Å². The third kappa shape index (κ3) is 3.61. The first-order valence-corrected chi connectivity index (χ1v) is 8.97. The van der Waals surface area contributed by atoms with Crippen LogP contribution in [0.5, 0.6) is 0 Å². The van der Waals surface area contributed by atoms with Crippen LogP contribution in [0.3, 0.4) is 0 Å². The Kier molecular flexibility index (Phi) is 5.19. The van der Waals surface area contributed by atoms with Gasteiger partial charge in [0.05, 0.1) is 5.92 Å². The van der Waals surface area contributed by atoms with Crippen LogP contribution in [0, 0.1) is 0 Å². The van der Waals surface area contributed by atoms with E-state index in [4.69, 9.17) is 0 Å². The molecule has 3 rings (SSSR count). The lowest BCUT2D eigenvalue weighted by molar-refractivity contribution is -0.134. The summed E-state index contributed by atoms with van der Waals surface area (Å²) in [6, 6.07) is 9.00. The van der Waals surface area contributed by atoms with Crippen molar-refractivity contribution in [3.05, 3.63) is 29.8 Å². The van der Waals surface area contributed by atoms with E-state index in [0.717, 1.165) is 25.2 Å². The minimum atomic E-state index is -0.194. The van der Waals surface area contributed by atoms with E-state index in [9.17, 15) is 9.59 Å². The number of nitrogens with zero attached hydrogens (tertiary/aromatic N) is 2. The summed E-state index contributed by atoms with van der Waals surface area (Å²) in [7, 11) is 2.20. The van der Waals surface area contributed by atoms with Gasteiger partial charge in [-0.25, -0.2) is 0 Å². The van der Waals surface area contributed by atoms with Crippen LogP contribution in [0.2, 0.25) is 0 Å². The highest BCUT2D eigenvalue weighted by molar-refractivity contribution is 6.00. The number of imide groups is 1. The Balaban J connectivity index is 1.61. The number of piperidine rings is 2. The Morgan fingerprint density at radius 3 is 2.38 bits per heavy atom. The van der Waals surface area contributed by atoms with Crippen LogP contribution in [0.25, 0.3) is 0 Å². The monoisotopic (exact) mass is 329 g/mol. The first-order chi connectivity index (χ1) is 11.6. The molecule has 2 heterocycles. The van der Waals surface area contributed by atoms with Crippen molar-refractivity contribution in [2.45, 2.75) is 44.6 Å². The van der Waals surface area contributed by atoms with E-state index >= 15 is 0 Å². The molecule has 0 aliphatic carbocycles. The fraction of sp³-hybridized carbons (Fsp3) is 0.579. The molecule has 1 N–H and O–H groups in total. The Morgan fingerprint density at radius 2 is 1.79 bits per heavy atom. The number of benzene rings is 1. The van der Waals surface area contributed by atoms with Crippen molar-refractivity contribution in [1.29, 1.82) is 0 Å². The zero-order valence-corrected chi connectivity index (χ0v) is 14.6. The zero-order chi connectivity index (χ0) is 17.1. The molecule has 1 aromatic rings. The second-order valence-electron chi connectivity index (χ2n) is 6.89.